The summed E-state index contributed by atoms with van der Waals surface area (Å²) in [5.74, 6) is -0.292. The van der Waals surface area contributed by atoms with Gasteiger partial charge in [0, 0.05) is 13.1 Å². The van der Waals surface area contributed by atoms with Crippen molar-refractivity contribution in [2.75, 3.05) is 19.6 Å². The average Bonchev–Trinajstić information content (AvgIpc) is 2.48. The highest BCUT2D eigenvalue weighted by Crippen LogP contribution is 2.25. The summed E-state index contributed by atoms with van der Waals surface area (Å²) >= 11 is 0. The van der Waals surface area contributed by atoms with Crippen LogP contribution in [0, 0.1) is 5.92 Å². The summed E-state index contributed by atoms with van der Waals surface area (Å²) in [7, 11) is 0. The molecule has 0 radical (unpaired) electrons. The summed E-state index contributed by atoms with van der Waals surface area (Å²) in [6, 6.07) is 9.15. The molecule has 2 unspecified atom stereocenters. The molecule has 1 aromatic rings. The third-order valence-corrected chi connectivity index (χ3v) is 4.32. The lowest BCUT2D eigenvalue weighted by atomic mass is 9.88. The van der Waals surface area contributed by atoms with Crippen LogP contribution in [0.5, 0.6) is 0 Å². The minimum atomic E-state index is -1.32. The van der Waals surface area contributed by atoms with E-state index in [0.29, 0.717) is 18.0 Å². The number of likely N-dealkylation sites (tertiary alicyclic amines) is 1. The summed E-state index contributed by atoms with van der Waals surface area (Å²) in [6.07, 6.45) is 3.51. The predicted octanol–water partition coefficient (Wildman–Crippen LogP) is 2.05. The second-order valence-electron chi connectivity index (χ2n) is 5.79. The van der Waals surface area contributed by atoms with Gasteiger partial charge in [-0.2, -0.15) is 0 Å². The first-order chi connectivity index (χ1) is 9.56. The Bertz CT molecular complexity index is 449. The Morgan fingerprint density at radius 2 is 2.15 bits per heavy atom. The van der Waals surface area contributed by atoms with Crippen LogP contribution in [-0.4, -0.2) is 35.6 Å². The summed E-state index contributed by atoms with van der Waals surface area (Å²) < 4.78 is 0. The van der Waals surface area contributed by atoms with E-state index in [1.54, 1.807) is 12.1 Å². The van der Waals surface area contributed by atoms with Crippen molar-refractivity contribution in [3.63, 3.8) is 0 Å². The van der Waals surface area contributed by atoms with Crippen molar-refractivity contribution in [3.8, 4) is 0 Å². The number of carboxylic acids is 1. The number of hydrogen-bond donors (Lipinski definition) is 2. The molecule has 1 aromatic carbocycles. The van der Waals surface area contributed by atoms with Crippen molar-refractivity contribution in [2.45, 2.75) is 31.7 Å². The number of rotatable bonds is 5. The number of carboxylic acid groups (broad SMARTS) is 1. The third kappa shape index (κ3) is 3.19. The van der Waals surface area contributed by atoms with Gasteiger partial charge in [-0.1, -0.05) is 43.7 Å². The lowest BCUT2D eigenvalue weighted by Gasteiger charge is -2.37. The monoisotopic (exact) mass is 276 g/mol. The van der Waals surface area contributed by atoms with Crippen LogP contribution in [0.2, 0.25) is 0 Å². The molecule has 0 aliphatic carbocycles. The van der Waals surface area contributed by atoms with Gasteiger partial charge in [0.15, 0.2) is 5.54 Å². The molecule has 0 spiro atoms. The van der Waals surface area contributed by atoms with Crippen LogP contribution in [0.4, 0.5) is 0 Å². The number of piperidine rings is 1. The molecule has 2 atom stereocenters. The van der Waals surface area contributed by atoms with Gasteiger partial charge in [0.05, 0.1) is 0 Å². The lowest BCUT2D eigenvalue weighted by molar-refractivity contribution is -0.144. The van der Waals surface area contributed by atoms with Crippen LogP contribution in [0.15, 0.2) is 30.3 Å². The Labute approximate surface area is 120 Å². The Hall–Kier alpha value is -1.39. The molecule has 1 aliphatic heterocycles. The molecular weight excluding hydrogens is 252 g/mol. The number of nitrogens with zero attached hydrogens (tertiary/aromatic N) is 1. The van der Waals surface area contributed by atoms with Gasteiger partial charge < -0.3 is 15.7 Å². The zero-order chi connectivity index (χ0) is 14.6. The molecule has 1 aliphatic rings. The Balaban J connectivity index is 2.15. The van der Waals surface area contributed by atoms with E-state index in [4.69, 9.17) is 5.73 Å². The van der Waals surface area contributed by atoms with Crippen LogP contribution in [-0.2, 0) is 10.3 Å². The first-order valence-corrected chi connectivity index (χ1v) is 7.36. The fourth-order valence-corrected chi connectivity index (χ4v) is 3.00. The highest BCUT2D eigenvalue weighted by molar-refractivity contribution is 5.80. The quantitative estimate of drug-likeness (QED) is 0.863. The summed E-state index contributed by atoms with van der Waals surface area (Å²) in [5.41, 5.74) is 5.59. The van der Waals surface area contributed by atoms with E-state index in [9.17, 15) is 9.90 Å². The molecule has 1 heterocycles. The number of benzene rings is 1. The van der Waals surface area contributed by atoms with Crippen LogP contribution >= 0.6 is 0 Å². The number of hydrogen-bond acceptors (Lipinski definition) is 3. The maximum Gasteiger partial charge on any atom is 0.329 e. The second kappa shape index (κ2) is 6.37. The van der Waals surface area contributed by atoms with Gasteiger partial charge in [0.2, 0.25) is 0 Å². The zero-order valence-electron chi connectivity index (χ0n) is 12.1. The highest BCUT2D eigenvalue weighted by atomic mass is 16.4. The van der Waals surface area contributed by atoms with Crippen molar-refractivity contribution in [2.24, 2.45) is 11.7 Å². The minimum absolute atomic E-state index is 0.378. The molecule has 0 amide bonds. The normalized spacial score (nSPS) is 23.2. The predicted molar refractivity (Wildman–Crippen MR) is 79.4 cm³/mol. The van der Waals surface area contributed by atoms with Gasteiger partial charge in [0.1, 0.15) is 0 Å². The van der Waals surface area contributed by atoms with Gasteiger partial charge in [0.25, 0.3) is 0 Å². The molecule has 1 saturated heterocycles. The molecule has 110 valence electrons. The number of carbonyl (C=O) groups is 1. The topological polar surface area (TPSA) is 66.6 Å². The van der Waals surface area contributed by atoms with Crippen molar-refractivity contribution >= 4 is 5.97 Å². The summed E-state index contributed by atoms with van der Waals surface area (Å²) in [6.45, 7) is 4.46. The summed E-state index contributed by atoms with van der Waals surface area (Å²) in [4.78, 5) is 13.9. The Kier molecular flexibility index (Phi) is 4.78. The largest absolute Gasteiger partial charge is 0.480 e. The fraction of sp³-hybridized carbons (Fsp3) is 0.562. The Morgan fingerprint density at radius 1 is 1.45 bits per heavy atom. The van der Waals surface area contributed by atoms with Crippen LogP contribution < -0.4 is 5.73 Å². The maximum absolute atomic E-state index is 11.7. The third-order valence-electron chi connectivity index (χ3n) is 4.32. The van der Waals surface area contributed by atoms with E-state index < -0.39 is 11.5 Å². The maximum atomic E-state index is 11.7. The summed E-state index contributed by atoms with van der Waals surface area (Å²) in [5, 5.41) is 9.59. The van der Waals surface area contributed by atoms with Crippen molar-refractivity contribution in [1.29, 1.82) is 0 Å². The standard InChI is InChI=1S/C16H24N2O2/c1-2-13-7-6-10-18(11-13)12-16(17,15(19)20)14-8-4-3-5-9-14/h3-5,8-9,13H,2,6-7,10-12,17H2,1H3,(H,19,20). The van der Waals surface area contributed by atoms with Crippen LogP contribution in [0.1, 0.15) is 31.7 Å². The molecule has 3 N–H and O–H groups in total. The molecule has 0 bridgehead atoms. The average molecular weight is 276 g/mol. The van der Waals surface area contributed by atoms with E-state index in [0.717, 1.165) is 25.9 Å². The van der Waals surface area contributed by atoms with E-state index in [1.807, 2.05) is 18.2 Å². The lowest BCUT2D eigenvalue weighted by Crippen LogP contribution is -2.55. The molecule has 20 heavy (non-hydrogen) atoms. The molecule has 0 aromatic heterocycles. The second-order valence-corrected chi connectivity index (χ2v) is 5.79. The van der Waals surface area contributed by atoms with Gasteiger partial charge >= 0.3 is 5.97 Å². The van der Waals surface area contributed by atoms with Crippen molar-refractivity contribution in [1.82, 2.24) is 4.90 Å². The van der Waals surface area contributed by atoms with Crippen molar-refractivity contribution in [3.05, 3.63) is 35.9 Å². The first-order valence-electron chi connectivity index (χ1n) is 7.36. The molecule has 4 nitrogen and oxygen atoms in total. The zero-order valence-corrected chi connectivity index (χ0v) is 12.1. The molecule has 2 rings (SSSR count). The Morgan fingerprint density at radius 3 is 2.75 bits per heavy atom. The minimum Gasteiger partial charge on any atom is -0.480 e. The van der Waals surface area contributed by atoms with Gasteiger partial charge in [-0.15, -0.1) is 0 Å². The van der Waals surface area contributed by atoms with Crippen molar-refractivity contribution < 1.29 is 9.90 Å². The molecule has 0 saturated carbocycles. The molecular formula is C16H24N2O2. The van der Waals surface area contributed by atoms with Crippen LogP contribution in [0.25, 0.3) is 0 Å². The van der Waals surface area contributed by atoms with Gasteiger partial charge in [-0.3, -0.25) is 0 Å². The van der Waals surface area contributed by atoms with E-state index in [-0.39, 0.29) is 0 Å². The molecule has 4 heteroatoms. The fourth-order valence-electron chi connectivity index (χ4n) is 3.00. The number of nitrogens with two attached hydrogens (primary N) is 1. The van der Waals surface area contributed by atoms with Crippen LogP contribution in [0.3, 0.4) is 0 Å². The SMILES string of the molecule is CCC1CCCN(CC(N)(C(=O)O)c2ccccc2)C1. The van der Waals surface area contributed by atoms with E-state index in [1.165, 1.54) is 6.42 Å². The van der Waals surface area contributed by atoms with E-state index >= 15 is 0 Å². The smallest absolute Gasteiger partial charge is 0.329 e. The van der Waals surface area contributed by atoms with E-state index in [2.05, 4.69) is 11.8 Å². The first kappa shape index (κ1) is 15.0. The molecule has 1 fully saturated rings. The highest BCUT2D eigenvalue weighted by Gasteiger charge is 2.38. The van der Waals surface area contributed by atoms with Gasteiger partial charge in [-0.05, 0) is 30.9 Å². The number of aliphatic carboxylic acids is 1. The van der Waals surface area contributed by atoms with Gasteiger partial charge in [-0.25, -0.2) is 4.79 Å².